The average molecular weight is 437 g/mol. The summed E-state index contributed by atoms with van der Waals surface area (Å²) in [6, 6.07) is 7.71. The normalized spacial score (nSPS) is 19.8. The Morgan fingerprint density at radius 3 is 2.66 bits per heavy atom. The van der Waals surface area contributed by atoms with Gasteiger partial charge in [-0.15, -0.1) is 0 Å². The van der Waals surface area contributed by atoms with E-state index < -0.39 is 29.4 Å². The lowest BCUT2D eigenvalue weighted by Gasteiger charge is -2.28. The first kappa shape index (κ1) is 22.0. The number of aromatic nitrogens is 1. The van der Waals surface area contributed by atoms with Crippen molar-refractivity contribution < 1.29 is 23.9 Å². The van der Waals surface area contributed by atoms with Gasteiger partial charge < -0.3 is 19.3 Å². The zero-order valence-electron chi connectivity index (χ0n) is 18.3. The number of Topliss-reactive ketones (excluding diaryl/α,β-unsaturated/α-hetero) is 2. The molecule has 8 heteroatoms. The van der Waals surface area contributed by atoms with Crippen LogP contribution in [0.5, 0.6) is 11.5 Å². The van der Waals surface area contributed by atoms with Crippen molar-refractivity contribution in [2.24, 2.45) is 5.92 Å². The third-order valence-electron chi connectivity index (χ3n) is 6.14. The van der Waals surface area contributed by atoms with Gasteiger partial charge in [0.2, 0.25) is 12.6 Å². The molecule has 0 bridgehead atoms. The molecule has 0 saturated carbocycles. The molecule has 32 heavy (non-hydrogen) atoms. The van der Waals surface area contributed by atoms with Crippen LogP contribution < -0.4 is 9.47 Å². The summed E-state index contributed by atoms with van der Waals surface area (Å²) >= 11 is 0. The van der Waals surface area contributed by atoms with E-state index in [0.29, 0.717) is 35.6 Å². The third kappa shape index (κ3) is 4.10. The lowest BCUT2D eigenvalue weighted by Crippen LogP contribution is -2.34. The van der Waals surface area contributed by atoms with E-state index in [1.165, 1.54) is 0 Å². The van der Waals surface area contributed by atoms with Crippen molar-refractivity contribution in [2.45, 2.75) is 26.3 Å². The van der Waals surface area contributed by atoms with Crippen LogP contribution in [-0.2, 0) is 9.59 Å². The standard InChI is InChI=1S/C24H27N3O5/c1-3-26(4-2)11-6-12-27-21(17-7-5-10-25-14-17)20(23(29)24(27)30)22(28)16-8-9-18-19(13-16)32-15-31-18/h5,7-10,13-14,20-21H,3-4,6,11-12,15H2,1-2H3. The van der Waals surface area contributed by atoms with Crippen molar-refractivity contribution in [3.63, 3.8) is 0 Å². The summed E-state index contributed by atoms with van der Waals surface area (Å²) in [6.07, 6.45) is 3.96. The molecule has 1 saturated heterocycles. The van der Waals surface area contributed by atoms with Crippen molar-refractivity contribution in [1.29, 1.82) is 0 Å². The Bertz CT molecular complexity index is 1010. The minimum atomic E-state index is -1.12. The number of rotatable bonds is 9. The van der Waals surface area contributed by atoms with Gasteiger partial charge in [-0.25, -0.2) is 0 Å². The second-order valence-electron chi connectivity index (χ2n) is 7.88. The number of amides is 1. The Morgan fingerprint density at radius 2 is 1.94 bits per heavy atom. The molecular formula is C24H27N3O5. The van der Waals surface area contributed by atoms with Crippen LogP contribution in [0.25, 0.3) is 0 Å². The monoisotopic (exact) mass is 437 g/mol. The highest BCUT2D eigenvalue weighted by atomic mass is 16.7. The number of benzene rings is 1. The molecular weight excluding hydrogens is 410 g/mol. The maximum Gasteiger partial charge on any atom is 0.291 e. The lowest BCUT2D eigenvalue weighted by atomic mass is 9.86. The van der Waals surface area contributed by atoms with Crippen molar-refractivity contribution >= 4 is 17.5 Å². The number of fused-ring (bicyclic) bond motifs is 1. The molecule has 1 fully saturated rings. The summed E-state index contributed by atoms with van der Waals surface area (Å²) in [4.78, 5) is 47.5. The van der Waals surface area contributed by atoms with Crippen LogP contribution in [-0.4, -0.2) is 65.2 Å². The molecule has 2 unspecified atom stereocenters. The minimum absolute atomic E-state index is 0.0897. The molecule has 0 aliphatic carbocycles. The van der Waals surface area contributed by atoms with Gasteiger partial charge in [-0.05, 0) is 55.9 Å². The van der Waals surface area contributed by atoms with E-state index in [1.807, 2.05) is 0 Å². The maximum atomic E-state index is 13.5. The van der Waals surface area contributed by atoms with E-state index in [9.17, 15) is 14.4 Å². The van der Waals surface area contributed by atoms with E-state index in [4.69, 9.17) is 9.47 Å². The smallest absolute Gasteiger partial charge is 0.291 e. The molecule has 1 amide bonds. The zero-order chi connectivity index (χ0) is 22.7. The fraction of sp³-hybridized carbons (Fsp3) is 0.417. The predicted octanol–water partition coefficient (Wildman–Crippen LogP) is 2.49. The second kappa shape index (κ2) is 9.48. The van der Waals surface area contributed by atoms with E-state index >= 15 is 0 Å². The second-order valence-corrected chi connectivity index (χ2v) is 7.88. The first-order valence-electron chi connectivity index (χ1n) is 11.0. The summed E-state index contributed by atoms with van der Waals surface area (Å²) in [5.41, 5.74) is 0.993. The molecule has 1 aromatic carbocycles. The van der Waals surface area contributed by atoms with Gasteiger partial charge in [0.25, 0.3) is 5.91 Å². The van der Waals surface area contributed by atoms with Crippen LogP contribution in [0.4, 0.5) is 0 Å². The Balaban J connectivity index is 1.63. The van der Waals surface area contributed by atoms with Gasteiger partial charge in [0.15, 0.2) is 17.3 Å². The fourth-order valence-corrected chi connectivity index (χ4v) is 4.38. The molecule has 4 rings (SSSR count). The topological polar surface area (TPSA) is 89.0 Å². The van der Waals surface area contributed by atoms with Crippen LogP contribution in [0.2, 0.25) is 0 Å². The lowest BCUT2D eigenvalue weighted by molar-refractivity contribution is -0.140. The highest BCUT2D eigenvalue weighted by molar-refractivity contribution is 6.44. The largest absolute Gasteiger partial charge is 0.454 e. The summed E-state index contributed by atoms with van der Waals surface area (Å²) < 4.78 is 10.7. The van der Waals surface area contributed by atoms with E-state index in [1.54, 1.807) is 47.6 Å². The van der Waals surface area contributed by atoms with Gasteiger partial charge in [0.1, 0.15) is 5.92 Å². The third-order valence-corrected chi connectivity index (χ3v) is 6.14. The molecule has 168 valence electrons. The molecule has 2 aliphatic heterocycles. The van der Waals surface area contributed by atoms with Gasteiger partial charge >= 0.3 is 0 Å². The van der Waals surface area contributed by atoms with Gasteiger partial charge in [-0.2, -0.15) is 0 Å². The van der Waals surface area contributed by atoms with Crippen molar-refractivity contribution in [2.75, 3.05) is 33.0 Å². The quantitative estimate of drug-likeness (QED) is 0.338. The van der Waals surface area contributed by atoms with Crippen LogP contribution in [0, 0.1) is 5.92 Å². The average Bonchev–Trinajstić information content (AvgIpc) is 3.39. The van der Waals surface area contributed by atoms with E-state index in [-0.39, 0.29) is 6.79 Å². The molecule has 1 aromatic heterocycles. The number of likely N-dealkylation sites (tertiary alicyclic amines) is 1. The Hall–Kier alpha value is -3.26. The molecule has 3 heterocycles. The number of ether oxygens (including phenoxy) is 2. The van der Waals surface area contributed by atoms with Crippen molar-refractivity contribution in [3.8, 4) is 11.5 Å². The molecule has 8 nitrogen and oxygen atoms in total. The zero-order valence-corrected chi connectivity index (χ0v) is 18.3. The van der Waals surface area contributed by atoms with Crippen LogP contribution >= 0.6 is 0 Å². The summed E-state index contributed by atoms with van der Waals surface area (Å²) in [5, 5.41) is 0. The van der Waals surface area contributed by atoms with Gasteiger partial charge in [-0.3, -0.25) is 19.4 Å². The summed E-state index contributed by atoms with van der Waals surface area (Å²) in [6.45, 7) is 7.31. The number of carbonyl (C=O) groups excluding carboxylic acids is 3. The van der Waals surface area contributed by atoms with Gasteiger partial charge in [0.05, 0.1) is 6.04 Å². The van der Waals surface area contributed by atoms with E-state index in [0.717, 1.165) is 19.6 Å². The number of pyridine rings is 1. The van der Waals surface area contributed by atoms with Gasteiger partial charge in [0, 0.05) is 24.5 Å². The van der Waals surface area contributed by atoms with Crippen LogP contribution in [0.15, 0.2) is 42.7 Å². The number of ketones is 2. The minimum Gasteiger partial charge on any atom is -0.454 e. The highest BCUT2D eigenvalue weighted by Gasteiger charge is 2.51. The van der Waals surface area contributed by atoms with Crippen LogP contribution in [0.1, 0.15) is 42.2 Å². The first-order chi connectivity index (χ1) is 15.5. The maximum absolute atomic E-state index is 13.5. The Labute approximate surface area is 187 Å². The highest BCUT2D eigenvalue weighted by Crippen LogP contribution is 2.39. The van der Waals surface area contributed by atoms with Gasteiger partial charge in [-0.1, -0.05) is 19.9 Å². The number of nitrogens with zero attached hydrogens (tertiary/aromatic N) is 3. The number of hydrogen-bond acceptors (Lipinski definition) is 7. The SMILES string of the molecule is CCN(CC)CCCN1C(=O)C(=O)C(C(=O)c2ccc3c(c2)OCO3)C1c1cccnc1. The molecule has 2 aromatic rings. The number of carbonyl (C=O) groups is 3. The first-order valence-corrected chi connectivity index (χ1v) is 11.0. The molecule has 2 aliphatic rings. The van der Waals surface area contributed by atoms with Crippen LogP contribution in [0.3, 0.4) is 0 Å². The summed E-state index contributed by atoms with van der Waals surface area (Å²) in [7, 11) is 0. The fourth-order valence-electron chi connectivity index (χ4n) is 4.38. The van der Waals surface area contributed by atoms with Crippen molar-refractivity contribution in [3.05, 3.63) is 53.9 Å². The molecule has 0 spiro atoms. The Morgan fingerprint density at radius 1 is 1.16 bits per heavy atom. The van der Waals surface area contributed by atoms with E-state index in [2.05, 4.69) is 23.7 Å². The predicted molar refractivity (Wildman–Crippen MR) is 116 cm³/mol. The molecule has 2 atom stereocenters. The Kier molecular flexibility index (Phi) is 6.50. The summed E-state index contributed by atoms with van der Waals surface area (Å²) in [5.74, 6) is -1.80. The van der Waals surface area contributed by atoms with Crippen molar-refractivity contribution in [1.82, 2.24) is 14.8 Å². The number of hydrogen-bond donors (Lipinski definition) is 0. The molecule has 0 radical (unpaired) electrons. The molecule has 0 N–H and O–H groups in total.